The maximum Gasteiger partial charge on any atom is 0.252 e. The molecule has 2 rings (SSSR count). The summed E-state index contributed by atoms with van der Waals surface area (Å²) in [6.07, 6.45) is 7.30. The summed E-state index contributed by atoms with van der Waals surface area (Å²) in [5.41, 5.74) is 0.382. The van der Waals surface area contributed by atoms with E-state index >= 15 is 0 Å². The molecule has 0 atom stereocenters. The van der Waals surface area contributed by atoms with Crippen LogP contribution in [0.1, 0.15) is 30.6 Å². The Balaban J connectivity index is 1.97. The van der Waals surface area contributed by atoms with Crippen molar-refractivity contribution in [2.75, 3.05) is 13.2 Å². The molecule has 0 aliphatic carbocycles. The first kappa shape index (κ1) is 15.2. The van der Waals surface area contributed by atoms with E-state index < -0.39 is 0 Å². The molecular formula is C15H20N4O2. The van der Waals surface area contributed by atoms with Gasteiger partial charge in [0.15, 0.2) is 0 Å². The molecule has 21 heavy (non-hydrogen) atoms. The van der Waals surface area contributed by atoms with Gasteiger partial charge in [-0.2, -0.15) is 0 Å². The van der Waals surface area contributed by atoms with Crippen LogP contribution >= 0.6 is 0 Å². The third-order valence-electron chi connectivity index (χ3n) is 3.30. The van der Waals surface area contributed by atoms with E-state index in [2.05, 4.69) is 15.3 Å². The number of nitrogens with one attached hydrogen (secondary N) is 1. The zero-order chi connectivity index (χ0) is 15.3. The standard InChI is InChI=1S/C15H20N4O2/c1-15(2,5-8-20)10-18-14(21)12-3-4-13(17-9-12)19-7-6-16-11-19/h3-4,6-7,9,11,20H,5,8,10H2,1-2H3,(H,18,21). The van der Waals surface area contributed by atoms with Crippen molar-refractivity contribution in [1.29, 1.82) is 0 Å². The van der Waals surface area contributed by atoms with Crippen LogP contribution in [0.4, 0.5) is 0 Å². The highest BCUT2D eigenvalue weighted by Gasteiger charge is 2.18. The Labute approximate surface area is 123 Å². The number of imidazole rings is 1. The summed E-state index contributed by atoms with van der Waals surface area (Å²) >= 11 is 0. The van der Waals surface area contributed by atoms with Crippen LogP contribution in [0.3, 0.4) is 0 Å². The lowest BCUT2D eigenvalue weighted by atomic mass is 9.90. The number of carbonyl (C=O) groups is 1. The van der Waals surface area contributed by atoms with Crippen molar-refractivity contribution in [3.63, 3.8) is 0 Å². The largest absolute Gasteiger partial charge is 0.396 e. The third kappa shape index (κ3) is 4.13. The number of aliphatic hydroxyl groups excluding tert-OH is 1. The minimum Gasteiger partial charge on any atom is -0.396 e. The highest BCUT2D eigenvalue weighted by atomic mass is 16.3. The van der Waals surface area contributed by atoms with Crippen molar-refractivity contribution < 1.29 is 9.90 Å². The fraction of sp³-hybridized carbons (Fsp3) is 0.400. The molecule has 0 bridgehead atoms. The maximum absolute atomic E-state index is 12.1. The average molecular weight is 288 g/mol. The molecule has 0 fully saturated rings. The summed E-state index contributed by atoms with van der Waals surface area (Å²) in [5, 5.41) is 11.8. The van der Waals surface area contributed by atoms with E-state index in [1.165, 1.54) is 0 Å². The molecule has 0 aromatic carbocycles. The molecule has 112 valence electrons. The van der Waals surface area contributed by atoms with Crippen LogP contribution in [-0.4, -0.2) is 38.7 Å². The molecule has 6 heteroatoms. The van der Waals surface area contributed by atoms with Gasteiger partial charge in [0, 0.05) is 31.7 Å². The SMILES string of the molecule is CC(C)(CCO)CNC(=O)c1ccc(-n2ccnc2)nc1. The summed E-state index contributed by atoms with van der Waals surface area (Å²) in [6.45, 7) is 4.63. The van der Waals surface area contributed by atoms with E-state index in [0.717, 1.165) is 0 Å². The quantitative estimate of drug-likeness (QED) is 0.842. The molecule has 2 heterocycles. The van der Waals surface area contributed by atoms with Crippen molar-refractivity contribution in [3.05, 3.63) is 42.6 Å². The third-order valence-corrected chi connectivity index (χ3v) is 3.30. The molecule has 0 radical (unpaired) electrons. The van der Waals surface area contributed by atoms with E-state index in [9.17, 15) is 4.79 Å². The Morgan fingerprint density at radius 2 is 2.24 bits per heavy atom. The van der Waals surface area contributed by atoms with Crippen LogP contribution in [0.2, 0.25) is 0 Å². The molecule has 0 aliphatic heterocycles. The number of hydrogen-bond acceptors (Lipinski definition) is 4. The van der Waals surface area contributed by atoms with Crippen LogP contribution in [-0.2, 0) is 0 Å². The van der Waals surface area contributed by atoms with E-state index in [1.54, 1.807) is 41.6 Å². The first-order valence-corrected chi connectivity index (χ1v) is 6.85. The van der Waals surface area contributed by atoms with Crippen molar-refractivity contribution >= 4 is 5.91 Å². The molecule has 2 N–H and O–H groups in total. The highest BCUT2D eigenvalue weighted by Crippen LogP contribution is 2.18. The Hall–Kier alpha value is -2.21. The first-order chi connectivity index (χ1) is 10.0. The number of amides is 1. The number of rotatable bonds is 6. The predicted molar refractivity (Wildman–Crippen MR) is 79.2 cm³/mol. The van der Waals surface area contributed by atoms with E-state index in [-0.39, 0.29) is 17.9 Å². The Morgan fingerprint density at radius 1 is 1.43 bits per heavy atom. The predicted octanol–water partition coefficient (Wildman–Crippen LogP) is 1.41. The van der Waals surface area contributed by atoms with Crippen molar-refractivity contribution in [2.24, 2.45) is 5.41 Å². The summed E-state index contributed by atoms with van der Waals surface area (Å²) in [6, 6.07) is 3.51. The molecule has 0 saturated heterocycles. The van der Waals surface area contributed by atoms with Gasteiger partial charge in [-0.1, -0.05) is 13.8 Å². The zero-order valence-corrected chi connectivity index (χ0v) is 12.3. The maximum atomic E-state index is 12.1. The molecule has 0 spiro atoms. The summed E-state index contributed by atoms with van der Waals surface area (Å²) in [4.78, 5) is 20.3. The number of aliphatic hydroxyl groups is 1. The van der Waals surface area contributed by atoms with Crippen molar-refractivity contribution in [2.45, 2.75) is 20.3 Å². The normalized spacial score (nSPS) is 11.4. The fourth-order valence-corrected chi connectivity index (χ4v) is 1.88. The second-order valence-corrected chi connectivity index (χ2v) is 5.70. The smallest absolute Gasteiger partial charge is 0.252 e. The molecule has 2 aromatic heterocycles. The monoisotopic (exact) mass is 288 g/mol. The number of carbonyl (C=O) groups excluding carboxylic acids is 1. The summed E-state index contributed by atoms with van der Waals surface area (Å²) in [5.74, 6) is 0.551. The van der Waals surface area contributed by atoms with Crippen LogP contribution in [0.25, 0.3) is 5.82 Å². The minimum atomic E-state index is -0.161. The van der Waals surface area contributed by atoms with Crippen molar-refractivity contribution in [3.8, 4) is 5.82 Å². The van der Waals surface area contributed by atoms with Crippen molar-refractivity contribution in [1.82, 2.24) is 19.9 Å². The molecule has 1 amide bonds. The molecule has 0 saturated carbocycles. The topological polar surface area (TPSA) is 80.0 Å². The number of nitrogens with zero attached hydrogens (tertiary/aromatic N) is 3. The lowest BCUT2D eigenvalue weighted by Gasteiger charge is -2.23. The highest BCUT2D eigenvalue weighted by molar-refractivity contribution is 5.93. The lowest BCUT2D eigenvalue weighted by molar-refractivity contribution is 0.0928. The number of pyridine rings is 1. The van der Waals surface area contributed by atoms with Crippen LogP contribution in [0, 0.1) is 5.41 Å². The van der Waals surface area contributed by atoms with Gasteiger partial charge in [-0.15, -0.1) is 0 Å². The molecule has 2 aromatic rings. The molecule has 0 unspecified atom stereocenters. The fourth-order valence-electron chi connectivity index (χ4n) is 1.88. The summed E-state index contributed by atoms with van der Waals surface area (Å²) in [7, 11) is 0. The van der Waals surface area contributed by atoms with Gasteiger partial charge >= 0.3 is 0 Å². The Morgan fingerprint density at radius 3 is 2.81 bits per heavy atom. The van der Waals surface area contributed by atoms with Gasteiger partial charge in [0.25, 0.3) is 5.91 Å². The van der Waals surface area contributed by atoms with E-state index in [1.807, 2.05) is 13.8 Å². The molecular weight excluding hydrogens is 268 g/mol. The van der Waals surface area contributed by atoms with Gasteiger partial charge < -0.3 is 10.4 Å². The Bertz CT molecular complexity index is 576. The Kier molecular flexibility index (Phi) is 4.70. The van der Waals surface area contributed by atoms with Gasteiger partial charge in [0.05, 0.1) is 5.56 Å². The second kappa shape index (κ2) is 6.49. The van der Waals surface area contributed by atoms with Gasteiger partial charge in [0.2, 0.25) is 0 Å². The van der Waals surface area contributed by atoms with Gasteiger partial charge in [-0.25, -0.2) is 9.97 Å². The lowest BCUT2D eigenvalue weighted by Crippen LogP contribution is -2.34. The van der Waals surface area contributed by atoms with Crippen LogP contribution < -0.4 is 5.32 Å². The number of hydrogen-bond donors (Lipinski definition) is 2. The van der Waals surface area contributed by atoms with Crippen LogP contribution in [0.5, 0.6) is 0 Å². The molecule has 6 nitrogen and oxygen atoms in total. The first-order valence-electron chi connectivity index (χ1n) is 6.85. The average Bonchev–Trinajstić information content (AvgIpc) is 2.99. The number of aromatic nitrogens is 3. The minimum absolute atomic E-state index is 0.115. The van der Waals surface area contributed by atoms with E-state index in [4.69, 9.17) is 5.11 Å². The van der Waals surface area contributed by atoms with Gasteiger partial charge in [-0.05, 0) is 24.0 Å². The van der Waals surface area contributed by atoms with E-state index in [0.29, 0.717) is 24.3 Å². The summed E-state index contributed by atoms with van der Waals surface area (Å²) < 4.78 is 1.77. The molecule has 0 aliphatic rings. The second-order valence-electron chi connectivity index (χ2n) is 5.70. The van der Waals surface area contributed by atoms with Gasteiger partial charge in [-0.3, -0.25) is 9.36 Å². The van der Waals surface area contributed by atoms with Crippen LogP contribution in [0.15, 0.2) is 37.1 Å². The van der Waals surface area contributed by atoms with Gasteiger partial charge in [0.1, 0.15) is 12.1 Å². The zero-order valence-electron chi connectivity index (χ0n) is 12.3.